The van der Waals surface area contributed by atoms with E-state index in [9.17, 15) is 15.2 Å². The zero-order valence-corrected chi connectivity index (χ0v) is 9.20. The van der Waals surface area contributed by atoms with Crippen LogP contribution in [0.15, 0.2) is 27.2 Å². The van der Waals surface area contributed by atoms with Crippen molar-refractivity contribution in [3.63, 3.8) is 0 Å². The largest absolute Gasteiger partial charge is 0.858 e. The Morgan fingerprint density at radius 3 is 2.50 bits per heavy atom. The number of hydrazine groups is 2. The second kappa shape index (κ2) is 4.66. The van der Waals surface area contributed by atoms with E-state index in [0.717, 1.165) is 0 Å². The van der Waals surface area contributed by atoms with Gasteiger partial charge in [-0.1, -0.05) is 23.2 Å². The number of allylic oxidation sites excluding steroid dienone is 1. The number of nitrogens with two attached hydrogens (primary N) is 2. The standard InChI is InChI=1S/C6H7Cl2N5O3/c7-3-4(13(15)16)2(1-11-5(3)8)6(14)12(9)10/h14H,1,9-10H2/p-1. The summed E-state index contributed by atoms with van der Waals surface area (Å²) in [5, 5.41) is 21.7. The maximum absolute atomic E-state index is 11.4. The summed E-state index contributed by atoms with van der Waals surface area (Å²) in [6, 6.07) is 0. The van der Waals surface area contributed by atoms with Crippen LogP contribution in [-0.2, 0) is 0 Å². The number of rotatable bonds is 2. The highest BCUT2D eigenvalue weighted by Crippen LogP contribution is 2.27. The fraction of sp³-hybridized carbons (Fsp3) is 0.167. The molecule has 0 unspecified atom stereocenters. The third-order valence-corrected chi connectivity index (χ3v) is 2.49. The summed E-state index contributed by atoms with van der Waals surface area (Å²) >= 11 is 11.1. The van der Waals surface area contributed by atoms with Crippen molar-refractivity contribution in [2.75, 3.05) is 6.54 Å². The van der Waals surface area contributed by atoms with Crippen molar-refractivity contribution in [3.05, 3.63) is 32.3 Å². The van der Waals surface area contributed by atoms with Gasteiger partial charge in [-0.15, -0.1) is 0 Å². The first kappa shape index (κ1) is 12.7. The van der Waals surface area contributed by atoms with Gasteiger partial charge in [0.25, 0.3) is 5.70 Å². The third kappa shape index (κ3) is 2.25. The van der Waals surface area contributed by atoms with Gasteiger partial charge < -0.3 is 5.11 Å². The van der Waals surface area contributed by atoms with Gasteiger partial charge in [0, 0.05) is 5.88 Å². The van der Waals surface area contributed by atoms with Crippen LogP contribution in [0.2, 0.25) is 0 Å². The van der Waals surface area contributed by atoms with E-state index >= 15 is 0 Å². The summed E-state index contributed by atoms with van der Waals surface area (Å²) in [7, 11) is 0. The molecule has 4 N–H and O–H groups in total. The molecule has 1 aliphatic rings. The van der Waals surface area contributed by atoms with Crippen molar-refractivity contribution in [2.45, 2.75) is 0 Å². The molecule has 0 spiro atoms. The van der Waals surface area contributed by atoms with E-state index in [1.165, 1.54) is 0 Å². The average Bonchev–Trinajstić information content (AvgIpc) is 2.20. The van der Waals surface area contributed by atoms with Crippen LogP contribution in [0.4, 0.5) is 0 Å². The lowest BCUT2D eigenvalue weighted by Crippen LogP contribution is -2.43. The number of nitro groups is 1. The molecule has 8 nitrogen and oxygen atoms in total. The van der Waals surface area contributed by atoms with Gasteiger partial charge in [0.1, 0.15) is 5.17 Å². The average molecular weight is 267 g/mol. The van der Waals surface area contributed by atoms with Crippen molar-refractivity contribution >= 4 is 28.4 Å². The maximum Gasteiger partial charge on any atom is 0.297 e. The van der Waals surface area contributed by atoms with E-state index in [2.05, 4.69) is 4.99 Å². The van der Waals surface area contributed by atoms with E-state index in [1.54, 1.807) is 0 Å². The lowest BCUT2D eigenvalue weighted by Gasteiger charge is -2.24. The van der Waals surface area contributed by atoms with Gasteiger partial charge in [-0.2, -0.15) is 0 Å². The smallest absolute Gasteiger partial charge is 0.297 e. The molecule has 0 fully saturated rings. The minimum atomic E-state index is -0.947. The molecule has 0 aromatic carbocycles. The summed E-state index contributed by atoms with van der Waals surface area (Å²) < 4.78 is 0. The van der Waals surface area contributed by atoms with Gasteiger partial charge in [0.2, 0.25) is 0 Å². The third-order valence-electron chi connectivity index (χ3n) is 1.73. The van der Waals surface area contributed by atoms with Crippen LogP contribution in [0.5, 0.6) is 0 Å². The summed E-state index contributed by atoms with van der Waals surface area (Å²) in [6.45, 7) is -0.297. The minimum Gasteiger partial charge on any atom is -0.858 e. The van der Waals surface area contributed by atoms with Gasteiger partial charge in [-0.25, -0.2) is 11.7 Å². The Morgan fingerprint density at radius 2 is 2.06 bits per heavy atom. The van der Waals surface area contributed by atoms with E-state index < -0.39 is 21.5 Å². The molecule has 0 aromatic rings. The normalized spacial score (nSPS) is 19.4. The van der Waals surface area contributed by atoms with Crippen molar-refractivity contribution in [1.82, 2.24) is 5.12 Å². The van der Waals surface area contributed by atoms with E-state index in [1.807, 2.05) is 0 Å². The van der Waals surface area contributed by atoms with Gasteiger partial charge in [-0.05, 0) is 0 Å². The minimum absolute atomic E-state index is 0.220. The van der Waals surface area contributed by atoms with E-state index in [4.69, 9.17) is 34.9 Å². The molecule has 0 saturated heterocycles. The molecule has 0 radical (unpaired) electrons. The van der Waals surface area contributed by atoms with Gasteiger partial charge in [0.05, 0.1) is 17.0 Å². The molecule has 0 aromatic heterocycles. The van der Waals surface area contributed by atoms with Crippen molar-refractivity contribution in [2.24, 2.45) is 16.7 Å². The zero-order chi connectivity index (χ0) is 12.5. The molecule has 1 heterocycles. The van der Waals surface area contributed by atoms with Crippen molar-refractivity contribution in [1.29, 1.82) is 0 Å². The lowest BCUT2D eigenvalue weighted by molar-refractivity contribution is -0.423. The van der Waals surface area contributed by atoms with Crippen molar-refractivity contribution < 1.29 is 10.0 Å². The highest BCUT2D eigenvalue weighted by molar-refractivity contribution is 6.76. The highest BCUT2D eigenvalue weighted by Gasteiger charge is 2.29. The van der Waals surface area contributed by atoms with Crippen LogP contribution in [-0.4, -0.2) is 21.8 Å². The summed E-state index contributed by atoms with van der Waals surface area (Å²) in [5.41, 5.74) is -0.947. The fourth-order valence-electron chi connectivity index (χ4n) is 1.04. The molecular formula is C6H6Cl2N5O3-. The fourth-order valence-corrected chi connectivity index (χ4v) is 1.43. The van der Waals surface area contributed by atoms with Crippen molar-refractivity contribution in [3.8, 4) is 0 Å². The first-order valence-electron chi connectivity index (χ1n) is 3.80. The van der Waals surface area contributed by atoms with Crippen LogP contribution in [0.25, 0.3) is 0 Å². The molecule has 0 amide bonds. The number of aliphatic imine (C=N–C) groups is 1. The number of hydrogen-bond acceptors (Lipinski definition) is 7. The Hall–Kier alpha value is -1.35. The first-order valence-corrected chi connectivity index (χ1v) is 4.56. The Kier molecular flexibility index (Phi) is 3.70. The molecule has 0 saturated carbocycles. The number of hydrogen-bond donors (Lipinski definition) is 2. The Morgan fingerprint density at radius 1 is 1.50 bits per heavy atom. The monoisotopic (exact) mass is 266 g/mol. The van der Waals surface area contributed by atoms with E-state index in [0.29, 0.717) is 0 Å². The first-order chi connectivity index (χ1) is 7.36. The summed E-state index contributed by atoms with van der Waals surface area (Å²) in [5.74, 6) is 9.01. The van der Waals surface area contributed by atoms with Crippen LogP contribution in [0.1, 0.15) is 0 Å². The maximum atomic E-state index is 11.4. The predicted molar refractivity (Wildman–Crippen MR) is 55.3 cm³/mol. The Balaban J connectivity index is 3.38. The van der Waals surface area contributed by atoms with Crippen LogP contribution in [0.3, 0.4) is 0 Å². The van der Waals surface area contributed by atoms with E-state index in [-0.39, 0.29) is 22.4 Å². The number of nitrogens with zero attached hydrogens (tertiary/aromatic N) is 3. The number of halogens is 2. The molecule has 88 valence electrons. The highest BCUT2D eigenvalue weighted by atomic mass is 35.5. The van der Waals surface area contributed by atoms with Crippen LogP contribution >= 0.6 is 23.2 Å². The SMILES string of the molecule is NN(N)C([O-])=C1CN=C(Cl)C(Cl)=C1[N+](=O)[O-]. The van der Waals surface area contributed by atoms with Crippen LogP contribution < -0.4 is 16.8 Å². The molecule has 1 aliphatic heterocycles. The molecule has 0 aliphatic carbocycles. The quantitative estimate of drug-likeness (QED) is 0.285. The van der Waals surface area contributed by atoms with Gasteiger partial charge in [0.15, 0.2) is 5.03 Å². The van der Waals surface area contributed by atoms with Crippen LogP contribution in [0, 0.1) is 10.1 Å². The van der Waals surface area contributed by atoms with Gasteiger partial charge >= 0.3 is 0 Å². The Bertz CT molecular complexity index is 428. The predicted octanol–water partition coefficient (Wildman–Crippen LogP) is -1.01. The number of dihydropyridines is 1. The second-order valence-electron chi connectivity index (χ2n) is 2.72. The molecule has 0 bridgehead atoms. The lowest BCUT2D eigenvalue weighted by atomic mass is 10.1. The van der Waals surface area contributed by atoms with Gasteiger partial charge in [-0.3, -0.25) is 20.2 Å². The topological polar surface area (TPSA) is 134 Å². The molecular weight excluding hydrogens is 261 g/mol. The zero-order valence-electron chi connectivity index (χ0n) is 7.68. The summed E-state index contributed by atoms with van der Waals surface area (Å²) in [4.78, 5) is 13.5. The second-order valence-corrected chi connectivity index (χ2v) is 3.45. The molecule has 10 heteroatoms. The molecule has 0 atom stereocenters. The Labute approximate surface area is 99.5 Å². The molecule has 1 rings (SSSR count). The molecule has 16 heavy (non-hydrogen) atoms. The summed E-state index contributed by atoms with van der Waals surface area (Å²) in [6.07, 6.45) is 0.